The third-order valence-corrected chi connectivity index (χ3v) is 7.15. The molecule has 0 amide bonds. The molecule has 2 rings (SSSR count). The van der Waals surface area contributed by atoms with Crippen molar-refractivity contribution in [1.82, 2.24) is 14.5 Å². The van der Waals surface area contributed by atoms with Gasteiger partial charge in [0.05, 0.1) is 30.9 Å². The highest BCUT2D eigenvalue weighted by molar-refractivity contribution is 7.92. The number of hydrogen-bond acceptors (Lipinski definition) is 7. The van der Waals surface area contributed by atoms with E-state index in [0.29, 0.717) is 0 Å². The molecule has 11 heteroatoms. The normalized spacial score (nSPS) is 20.0. The lowest BCUT2D eigenvalue weighted by molar-refractivity contribution is 0.0521. The van der Waals surface area contributed by atoms with Crippen LogP contribution in [0.15, 0.2) is 11.2 Å². The molecule has 1 saturated heterocycles. The van der Waals surface area contributed by atoms with E-state index in [1.54, 1.807) is 6.92 Å². The molecular formula is C13H17N3O6S2. The van der Waals surface area contributed by atoms with E-state index < -0.39 is 36.9 Å². The van der Waals surface area contributed by atoms with Crippen molar-refractivity contribution in [3.8, 4) is 12.3 Å². The topological polar surface area (TPSA) is 127 Å². The minimum absolute atomic E-state index is 0.0679. The van der Waals surface area contributed by atoms with Crippen LogP contribution in [0.4, 0.5) is 0 Å². The number of sulfone groups is 1. The number of sulfonamides is 1. The highest BCUT2D eigenvalue weighted by Crippen LogP contribution is 2.25. The second kappa shape index (κ2) is 6.92. The van der Waals surface area contributed by atoms with Crippen LogP contribution in [0.2, 0.25) is 0 Å². The molecular weight excluding hydrogens is 358 g/mol. The Kier molecular flexibility index (Phi) is 5.32. The van der Waals surface area contributed by atoms with E-state index in [4.69, 9.17) is 11.2 Å². The summed E-state index contributed by atoms with van der Waals surface area (Å²) in [6.07, 6.45) is 6.43. The average Bonchev–Trinajstić information content (AvgIpc) is 3.11. The lowest BCUT2D eigenvalue weighted by Gasteiger charge is -2.24. The van der Waals surface area contributed by atoms with Gasteiger partial charge in [-0.25, -0.2) is 21.6 Å². The fourth-order valence-electron chi connectivity index (χ4n) is 2.45. The molecule has 2 heterocycles. The van der Waals surface area contributed by atoms with Crippen LogP contribution in [0.1, 0.15) is 23.7 Å². The molecule has 1 aliphatic heterocycles. The monoisotopic (exact) mass is 375 g/mol. The van der Waals surface area contributed by atoms with Gasteiger partial charge in [-0.3, -0.25) is 5.10 Å². The third kappa shape index (κ3) is 3.61. The molecule has 1 unspecified atom stereocenters. The van der Waals surface area contributed by atoms with Crippen molar-refractivity contribution in [2.24, 2.45) is 0 Å². The Morgan fingerprint density at radius 3 is 2.83 bits per heavy atom. The van der Waals surface area contributed by atoms with Gasteiger partial charge in [-0.05, 0) is 13.3 Å². The molecule has 0 saturated carbocycles. The number of rotatable bonds is 6. The Labute approximate surface area is 140 Å². The summed E-state index contributed by atoms with van der Waals surface area (Å²) >= 11 is 0. The highest BCUT2D eigenvalue weighted by atomic mass is 32.2. The summed E-state index contributed by atoms with van der Waals surface area (Å²) in [7, 11) is -7.56. The zero-order valence-electron chi connectivity index (χ0n) is 12.9. The summed E-state index contributed by atoms with van der Waals surface area (Å²) in [4.78, 5) is 11.9. The number of carbonyl (C=O) groups is 1. The Balaban J connectivity index is 2.42. The van der Waals surface area contributed by atoms with Gasteiger partial charge in [0.25, 0.3) is 10.0 Å². The molecule has 24 heavy (non-hydrogen) atoms. The minimum Gasteiger partial charge on any atom is -0.462 e. The van der Waals surface area contributed by atoms with E-state index in [1.807, 2.05) is 0 Å². The number of H-pyrrole nitrogens is 1. The highest BCUT2D eigenvalue weighted by Gasteiger charge is 2.40. The standard InChI is InChI=1S/C13H17N3O6S2/c1-3-6-16(10-5-7-23(18,19)9-10)24(20,21)12-11(8-14-15-12)13(17)22-4-2/h1,8,10H,4-7,9H2,2H3,(H,14,15). The van der Waals surface area contributed by atoms with Gasteiger partial charge >= 0.3 is 5.97 Å². The number of nitrogens with one attached hydrogen (secondary N) is 1. The van der Waals surface area contributed by atoms with Gasteiger partial charge in [-0.1, -0.05) is 5.92 Å². The van der Waals surface area contributed by atoms with Crippen molar-refractivity contribution >= 4 is 25.8 Å². The molecule has 1 atom stereocenters. The number of hydrogen-bond donors (Lipinski definition) is 1. The van der Waals surface area contributed by atoms with Gasteiger partial charge in [0.1, 0.15) is 5.56 Å². The third-order valence-electron chi connectivity index (χ3n) is 3.53. The number of carbonyl (C=O) groups excluding carboxylic acids is 1. The van der Waals surface area contributed by atoms with Crippen LogP contribution < -0.4 is 0 Å². The lowest BCUT2D eigenvalue weighted by Crippen LogP contribution is -2.42. The van der Waals surface area contributed by atoms with E-state index >= 15 is 0 Å². The van der Waals surface area contributed by atoms with E-state index in [9.17, 15) is 21.6 Å². The Bertz CT molecular complexity index is 866. The number of esters is 1. The van der Waals surface area contributed by atoms with Crippen LogP contribution in [0, 0.1) is 12.3 Å². The number of aromatic amines is 1. The van der Waals surface area contributed by atoms with Crippen molar-refractivity contribution in [3.63, 3.8) is 0 Å². The maximum Gasteiger partial charge on any atom is 0.342 e. The van der Waals surface area contributed by atoms with Crippen LogP contribution in [0.3, 0.4) is 0 Å². The first-order chi connectivity index (χ1) is 11.2. The first kappa shape index (κ1) is 18.4. The maximum atomic E-state index is 12.9. The van der Waals surface area contributed by atoms with E-state index in [2.05, 4.69) is 16.1 Å². The minimum atomic E-state index is -4.24. The molecule has 0 spiro atoms. The summed E-state index contributed by atoms with van der Waals surface area (Å²) in [5, 5.41) is 5.40. The van der Waals surface area contributed by atoms with Crippen LogP contribution in [-0.4, -0.2) is 68.0 Å². The van der Waals surface area contributed by atoms with Crippen LogP contribution in [0.25, 0.3) is 0 Å². The zero-order valence-corrected chi connectivity index (χ0v) is 14.6. The van der Waals surface area contributed by atoms with Gasteiger partial charge in [0.15, 0.2) is 14.9 Å². The van der Waals surface area contributed by atoms with Crippen LogP contribution >= 0.6 is 0 Å². The molecule has 0 aromatic carbocycles. The fraction of sp³-hybridized carbons (Fsp3) is 0.538. The van der Waals surface area contributed by atoms with Crippen molar-refractivity contribution in [2.75, 3.05) is 24.7 Å². The number of terminal acetylenes is 1. The molecule has 1 aliphatic rings. The Morgan fingerprint density at radius 1 is 1.58 bits per heavy atom. The zero-order chi connectivity index (χ0) is 18.0. The summed E-state index contributed by atoms with van der Waals surface area (Å²) in [6, 6.07) is -0.783. The van der Waals surface area contributed by atoms with Gasteiger partial charge in [0, 0.05) is 6.04 Å². The molecule has 9 nitrogen and oxygen atoms in total. The van der Waals surface area contributed by atoms with Gasteiger partial charge in [0.2, 0.25) is 0 Å². The second-order valence-electron chi connectivity index (χ2n) is 5.14. The van der Waals surface area contributed by atoms with Crippen molar-refractivity contribution in [2.45, 2.75) is 24.4 Å². The summed E-state index contributed by atoms with van der Waals surface area (Å²) in [6.45, 7) is 1.34. The average molecular weight is 375 g/mol. The summed E-state index contributed by atoms with van der Waals surface area (Å²) in [5.74, 6) is 0.954. The molecule has 0 radical (unpaired) electrons. The Morgan fingerprint density at radius 2 is 2.29 bits per heavy atom. The smallest absolute Gasteiger partial charge is 0.342 e. The summed E-state index contributed by atoms with van der Waals surface area (Å²) < 4.78 is 54.8. The SMILES string of the molecule is C#CCN(C1CCS(=O)(=O)C1)S(=O)(=O)c1[nH]ncc1C(=O)OCC. The lowest BCUT2D eigenvalue weighted by atomic mass is 10.3. The van der Waals surface area contributed by atoms with Crippen molar-refractivity contribution in [1.29, 1.82) is 0 Å². The van der Waals surface area contributed by atoms with Crippen LogP contribution in [0.5, 0.6) is 0 Å². The predicted molar refractivity (Wildman–Crippen MR) is 84.3 cm³/mol. The van der Waals surface area contributed by atoms with Gasteiger partial charge in [-0.2, -0.15) is 9.40 Å². The predicted octanol–water partition coefficient (Wildman–Crippen LogP) is -0.603. The maximum absolute atomic E-state index is 12.9. The molecule has 132 valence electrons. The van der Waals surface area contributed by atoms with Gasteiger partial charge in [-0.15, -0.1) is 6.42 Å². The van der Waals surface area contributed by atoms with E-state index in [-0.39, 0.29) is 36.6 Å². The molecule has 1 fully saturated rings. The number of aromatic nitrogens is 2. The molecule has 0 bridgehead atoms. The second-order valence-corrected chi connectivity index (χ2v) is 9.20. The fourth-order valence-corrected chi connectivity index (χ4v) is 5.90. The Hall–Kier alpha value is -1.90. The van der Waals surface area contributed by atoms with Crippen LogP contribution in [-0.2, 0) is 24.6 Å². The molecule has 1 aromatic heterocycles. The van der Waals surface area contributed by atoms with Gasteiger partial charge < -0.3 is 4.74 Å². The van der Waals surface area contributed by atoms with E-state index in [0.717, 1.165) is 10.5 Å². The quantitative estimate of drug-likeness (QED) is 0.519. The summed E-state index contributed by atoms with van der Waals surface area (Å²) in [5.41, 5.74) is -0.250. The number of ether oxygens (including phenoxy) is 1. The molecule has 1 N–H and O–H groups in total. The molecule has 1 aromatic rings. The van der Waals surface area contributed by atoms with Crippen molar-refractivity contribution < 1.29 is 26.4 Å². The first-order valence-corrected chi connectivity index (χ1v) is 10.3. The van der Waals surface area contributed by atoms with Crippen molar-refractivity contribution in [3.05, 3.63) is 11.8 Å². The first-order valence-electron chi connectivity index (χ1n) is 7.09. The molecule has 0 aliphatic carbocycles. The van der Waals surface area contributed by atoms with E-state index in [1.165, 1.54) is 0 Å². The number of nitrogens with zero attached hydrogens (tertiary/aromatic N) is 2. The largest absolute Gasteiger partial charge is 0.462 e.